The third kappa shape index (κ3) is 4.36. The van der Waals surface area contributed by atoms with Crippen LogP contribution < -0.4 is 5.32 Å². The molecule has 0 aliphatic carbocycles. The maximum Gasteiger partial charge on any atom is 0.262 e. The number of carbonyl (C=O) groups is 1. The van der Waals surface area contributed by atoms with Gasteiger partial charge in [-0.25, -0.2) is 21.6 Å². The van der Waals surface area contributed by atoms with Crippen LogP contribution in [-0.2, 0) is 9.05 Å². The molecule has 1 amide bonds. The average molecular weight is 381 g/mol. The second-order valence-electron chi connectivity index (χ2n) is 3.31. The standard InChI is InChI=1S/C9H6BrClF3NO3S/c10-8-5(12)1-4(2-6(8)19(11,17)18)9(16)15-3-7(13)14/h1-2,7H,3H2,(H,15,16). The van der Waals surface area contributed by atoms with Crippen LogP contribution in [-0.4, -0.2) is 27.3 Å². The van der Waals surface area contributed by atoms with E-state index in [4.69, 9.17) is 10.7 Å². The first-order valence-corrected chi connectivity index (χ1v) is 7.73. The fourth-order valence-corrected chi connectivity index (χ4v) is 3.24. The molecule has 0 radical (unpaired) electrons. The lowest BCUT2D eigenvalue weighted by Gasteiger charge is -2.07. The van der Waals surface area contributed by atoms with Crippen molar-refractivity contribution in [2.75, 3.05) is 6.54 Å². The van der Waals surface area contributed by atoms with Crippen molar-refractivity contribution in [2.45, 2.75) is 11.3 Å². The Morgan fingerprint density at radius 2 is 2.00 bits per heavy atom. The van der Waals surface area contributed by atoms with E-state index in [1.807, 2.05) is 5.32 Å². The van der Waals surface area contributed by atoms with Crippen LogP contribution in [0.4, 0.5) is 13.2 Å². The molecule has 1 N–H and O–H groups in total. The Balaban J connectivity index is 3.18. The summed E-state index contributed by atoms with van der Waals surface area (Å²) in [4.78, 5) is 10.8. The Morgan fingerprint density at radius 1 is 1.42 bits per heavy atom. The van der Waals surface area contributed by atoms with Crippen molar-refractivity contribution in [3.8, 4) is 0 Å². The number of hydrogen-bond donors (Lipinski definition) is 1. The van der Waals surface area contributed by atoms with Gasteiger partial charge in [-0.1, -0.05) is 0 Å². The van der Waals surface area contributed by atoms with Crippen molar-refractivity contribution >= 4 is 41.6 Å². The van der Waals surface area contributed by atoms with Gasteiger partial charge in [0.2, 0.25) is 0 Å². The summed E-state index contributed by atoms with van der Waals surface area (Å²) in [5.74, 6) is -2.09. The molecule has 10 heteroatoms. The van der Waals surface area contributed by atoms with Crippen LogP contribution in [0.15, 0.2) is 21.5 Å². The molecule has 1 aromatic carbocycles. The molecule has 0 heterocycles. The van der Waals surface area contributed by atoms with Gasteiger partial charge < -0.3 is 5.32 Å². The predicted octanol–water partition coefficient (Wildman–Crippen LogP) is 2.51. The van der Waals surface area contributed by atoms with Gasteiger partial charge in [0.1, 0.15) is 10.7 Å². The van der Waals surface area contributed by atoms with Gasteiger partial charge in [0.05, 0.1) is 11.0 Å². The van der Waals surface area contributed by atoms with Gasteiger partial charge in [-0.15, -0.1) is 0 Å². The number of carbonyl (C=O) groups excluding carboxylic acids is 1. The van der Waals surface area contributed by atoms with Gasteiger partial charge in [0.25, 0.3) is 21.4 Å². The topological polar surface area (TPSA) is 63.2 Å². The van der Waals surface area contributed by atoms with Gasteiger partial charge in [-0.05, 0) is 28.1 Å². The normalized spacial score (nSPS) is 11.7. The van der Waals surface area contributed by atoms with Crippen LogP contribution in [0.25, 0.3) is 0 Å². The van der Waals surface area contributed by atoms with Crippen molar-refractivity contribution in [3.05, 3.63) is 28.0 Å². The molecule has 0 fully saturated rings. The Kier molecular flexibility index (Phi) is 5.22. The summed E-state index contributed by atoms with van der Waals surface area (Å²) in [7, 11) is 0.778. The zero-order valence-corrected chi connectivity index (χ0v) is 12.1. The lowest BCUT2D eigenvalue weighted by Crippen LogP contribution is -2.28. The molecule has 0 spiro atoms. The monoisotopic (exact) mass is 379 g/mol. The molecule has 0 saturated heterocycles. The van der Waals surface area contributed by atoms with E-state index in [0.717, 1.165) is 6.07 Å². The first kappa shape index (κ1) is 16.3. The molecular weight excluding hydrogens is 375 g/mol. The van der Waals surface area contributed by atoms with Gasteiger partial charge >= 0.3 is 0 Å². The lowest BCUT2D eigenvalue weighted by atomic mass is 10.2. The Hall–Kier alpha value is -0.800. The van der Waals surface area contributed by atoms with Crippen LogP contribution >= 0.6 is 26.6 Å². The molecule has 0 unspecified atom stereocenters. The first-order chi connectivity index (χ1) is 8.62. The highest BCUT2D eigenvalue weighted by Crippen LogP contribution is 2.29. The maximum absolute atomic E-state index is 13.4. The zero-order valence-electron chi connectivity index (χ0n) is 8.96. The number of hydrogen-bond acceptors (Lipinski definition) is 3. The summed E-state index contributed by atoms with van der Waals surface area (Å²) >= 11 is 2.67. The van der Waals surface area contributed by atoms with Crippen LogP contribution in [0.2, 0.25) is 0 Å². The fraction of sp³-hybridized carbons (Fsp3) is 0.222. The quantitative estimate of drug-likeness (QED) is 0.817. The molecular formula is C9H6BrClF3NO3S. The molecule has 4 nitrogen and oxygen atoms in total. The molecule has 1 rings (SSSR count). The molecule has 0 bridgehead atoms. The highest BCUT2D eigenvalue weighted by molar-refractivity contribution is 9.10. The van der Waals surface area contributed by atoms with Crippen molar-refractivity contribution < 1.29 is 26.4 Å². The third-order valence-electron chi connectivity index (χ3n) is 1.94. The van der Waals surface area contributed by atoms with Gasteiger partial charge in [0.15, 0.2) is 0 Å². The molecule has 106 valence electrons. The summed E-state index contributed by atoms with van der Waals surface area (Å²) in [6.45, 7) is -0.931. The molecule has 0 aliphatic heterocycles. The molecule has 0 aromatic heterocycles. The van der Waals surface area contributed by atoms with Crippen molar-refractivity contribution in [2.24, 2.45) is 0 Å². The van der Waals surface area contributed by atoms with Crippen LogP contribution in [0.5, 0.6) is 0 Å². The minimum atomic E-state index is -4.29. The number of amides is 1. The Labute approximate surface area is 119 Å². The number of alkyl halides is 2. The zero-order chi connectivity index (χ0) is 14.8. The summed E-state index contributed by atoms with van der Waals surface area (Å²) < 4.78 is 59.1. The predicted molar refractivity (Wildman–Crippen MR) is 65.5 cm³/mol. The molecule has 0 saturated carbocycles. The fourth-order valence-electron chi connectivity index (χ4n) is 1.14. The summed E-state index contributed by atoms with van der Waals surface area (Å²) in [6.07, 6.45) is -2.78. The van der Waals surface area contributed by atoms with Gasteiger partial charge in [-0.3, -0.25) is 4.79 Å². The number of halogens is 5. The maximum atomic E-state index is 13.4. The number of rotatable bonds is 4. The summed E-state index contributed by atoms with van der Waals surface area (Å²) in [6, 6.07) is 1.49. The number of nitrogens with one attached hydrogen (secondary N) is 1. The average Bonchev–Trinajstić information content (AvgIpc) is 2.27. The largest absolute Gasteiger partial charge is 0.346 e. The van der Waals surface area contributed by atoms with Gasteiger partial charge in [0, 0.05) is 16.2 Å². The number of benzene rings is 1. The smallest absolute Gasteiger partial charge is 0.262 e. The van der Waals surface area contributed by atoms with Crippen molar-refractivity contribution in [3.63, 3.8) is 0 Å². The second kappa shape index (κ2) is 6.10. The second-order valence-corrected chi connectivity index (χ2v) is 6.64. The molecule has 19 heavy (non-hydrogen) atoms. The van der Waals surface area contributed by atoms with E-state index in [2.05, 4.69) is 15.9 Å². The van der Waals surface area contributed by atoms with Crippen LogP contribution in [0.3, 0.4) is 0 Å². The van der Waals surface area contributed by atoms with E-state index in [0.29, 0.717) is 6.07 Å². The highest BCUT2D eigenvalue weighted by Gasteiger charge is 2.21. The summed E-state index contributed by atoms with van der Waals surface area (Å²) in [5, 5.41) is 1.81. The van der Waals surface area contributed by atoms with Crippen LogP contribution in [0.1, 0.15) is 10.4 Å². The van der Waals surface area contributed by atoms with E-state index >= 15 is 0 Å². The van der Waals surface area contributed by atoms with E-state index < -0.39 is 48.7 Å². The SMILES string of the molecule is O=C(NCC(F)F)c1cc(F)c(Br)c(S(=O)(=O)Cl)c1. The molecule has 1 aromatic rings. The molecule has 0 aliphatic rings. The van der Waals surface area contributed by atoms with Crippen molar-refractivity contribution in [1.82, 2.24) is 5.32 Å². The summed E-state index contributed by atoms with van der Waals surface area (Å²) in [5.41, 5.74) is -0.430. The lowest BCUT2D eigenvalue weighted by molar-refractivity contribution is 0.0891. The van der Waals surface area contributed by atoms with E-state index in [1.54, 1.807) is 0 Å². The Morgan fingerprint density at radius 3 is 2.47 bits per heavy atom. The minimum Gasteiger partial charge on any atom is -0.346 e. The highest BCUT2D eigenvalue weighted by atomic mass is 79.9. The van der Waals surface area contributed by atoms with E-state index in [9.17, 15) is 26.4 Å². The minimum absolute atomic E-state index is 0.430. The van der Waals surface area contributed by atoms with Crippen LogP contribution in [0, 0.1) is 5.82 Å². The Bertz CT molecular complexity index is 609. The first-order valence-electron chi connectivity index (χ1n) is 4.63. The van der Waals surface area contributed by atoms with Gasteiger partial charge in [-0.2, -0.15) is 0 Å². The molecule has 0 atom stereocenters. The van der Waals surface area contributed by atoms with E-state index in [-0.39, 0.29) is 0 Å². The third-order valence-corrected chi connectivity index (χ3v) is 4.35. The van der Waals surface area contributed by atoms with Crippen molar-refractivity contribution in [1.29, 1.82) is 0 Å². The van der Waals surface area contributed by atoms with E-state index in [1.165, 1.54) is 0 Å².